The summed E-state index contributed by atoms with van der Waals surface area (Å²) < 4.78 is 77.6. The lowest BCUT2D eigenvalue weighted by Gasteiger charge is -2.47. The second-order valence-electron chi connectivity index (χ2n) is 20.6. The number of likely N-dealkylation sites (N-methyl/N-ethyl adjacent to an activating group) is 1. The quantitative estimate of drug-likeness (QED) is 0.0133. The third-order valence-electron chi connectivity index (χ3n) is 15.1. The summed E-state index contributed by atoms with van der Waals surface area (Å²) in [5.41, 5.74) is -0.847. The summed E-state index contributed by atoms with van der Waals surface area (Å²) in [6.45, 7) is 11.3. The van der Waals surface area contributed by atoms with Gasteiger partial charge in [-0.05, 0) is 61.8 Å². The molecule has 4 fully saturated rings. The van der Waals surface area contributed by atoms with Crippen molar-refractivity contribution in [3.8, 4) is 35.2 Å². The molecule has 7 rings (SSSR count). The smallest absolute Gasteiger partial charge is 0.411 e. The maximum Gasteiger partial charge on any atom is 0.411 e. The van der Waals surface area contributed by atoms with E-state index in [4.69, 9.17) is 66.4 Å². The summed E-state index contributed by atoms with van der Waals surface area (Å²) in [4.78, 5) is 62.0. The van der Waals surface area contributed by atoms with Crippen LogP contribution in [0.5, 0.6) is 11.5 Å². The molecule has 2 amide bonds. The van der Waals surface area contributed by atoms with Gasteiger partial charge in [0.1, 0.15) is 18.3 Å². The summed E-state index contributed by atoms with van der Waals surface area (Å²) in [7, 11) is 10.8. The Kier molecular flexibility index (Phi) is 26.6. The number of fused-ring (bicyclic) bond motifs is 2. The van der Waals surface area contributed by atoms with Crippen molar-refractivity contribution >= 4 is 72.6 Å². The molecule has 0 radical (unpaired) electrons. The van der Waals surface area contributed by atoms with Crippen molar-refractivity contribution in [1.29, 1.82) is 0 Å². The van der Waals surface area contributed by atoms with Crippen LogP contribution in [-0.4, -0.2) is 226 Å². The maximum absolute atomic E-state index is 15.5. The summed E-state index contributed by atoms with van der Waals surface area (Å²) >= 11 is 1.47. The van der Waals surface area contributed by atoms with E-state index in [0.29, 0.717) is 6.54 Å². The number of rotatable bonds is 25. The maximum atomic E-state index is 15.5. The Morgan fingerprint density at radius 1 is 0.852 bits per heavy atom. The Balaban J connectivity index is 1.23. The molecule has 30 heteroatoms. The number of carbonyl (C=O) groups excluding carboxylic acids is 4. The average molecular weight is 1310 g/mol. The van der Waals surface area contributed by atoms with Crippen molar-refractivity contribution < 1.29 is 106 Å². The molecule has 1 aromatic carbocycles. The minimum atomic E-state index is -2.63. The highest BCUT2D eigenvalue weighted by Crippen LogP contribution is 2.44. The molecule has 19 atom stereocenters. The number of ether oxygens (including phenoxy) is 13. The van der Waals surface area contributed by atoms with Crippen LogP contribution in [0, 0.1) is 23.7 Å². The lowest BCUT2D eigenvalue weighted by Crippen LogP contribution is -2.65. The molecular formula is C58H78N4O22S4. The van der Waals surface area contributed by atoms with Crippen molar-refractivity contribution in [3.63, 3.8) is 0 Å². The van der Waals surface area contributed by atoms with Crippen molar-refractivity contribution in [3.05, 3.63) is 65.1 Å². The molecule has 486 valence electrons. The van der Waals surface area contributed by atoms with Crippen LogP contribution in [0.4, 0.5) is 10.5 Å². The first kappa shape index (κ1) is 70.8. The van der Waals surface area contributed by atoms with E-state index in [1.54, 1.807) is 20.1 Å². The van der Waals surface area contributed by atoms with E-state index < -0.39 is 128 Å². The Morgan fingerprint density at radius 3 is 2.23 bits per heavy atom. The zero-order valence-electron chi connectivity index (χ0n) is 50.5. The van der Waals surface area contributed by atoms with Crippen LogP contribution in [-0.2, 0) is 66.5 Å². The van der Waals surface area contributed by atoms with Gasteiger partial charge >= 0.3 is 12.1 Å². The van der Waals surface area contributed by atoms with E-state index >= 15 is 4.79 Å². The van der Waals surface area contributed by atoms with Gasteiger partial charge in [-0.3, -0.25) is 19.7 Å². The van der Waals surface area contributed by atoms with E-state index in [1.165, 1.54) is 95.7 Å². The molecule has 4 saturated heterocycles. The minimum absolute atomic E-state index is 0.0767. The van der Waals surface area contributed by atoms with E-state index in [0.717, 1.165) is 7.11 Å². The first-order valence-electron chi connectivity index (χ1n) is 28.1. The number of anilines is 1. The van der Waals surface area contributed by atoms with Crippen LogP contribution in [0.2, 0.25) is 0 Å². The van der Waals surface area contributed by atoms with Crippen LogP contribution >= 0.6 is 43.2 Å². The predicted molar refractivity (Wildman–Crippen MR) is 325 cm³/mol. The number of ketones is 1. The number of carbonyl (C=O) groups is 4. The van der Waals surface area contributed by atoms with Crippen LogP contribution in [0.25, 0.3) is 0 Å². The number of thioether (sulfide) groups is 1. The fourth-order valence-electron chi connectivity index (χ4n) is 10.7. The molecule has 0 saturated carbocycles. The van der Waals surface area contributed by atoms with Crippen molar-refractivity contribution in [1.82, 2.24) is 16.1 Å². The van der Waals surface area contributed by atoms with E-state index in [1.807, 2.05) is 26.4 Å². The van der Waals surface area contributed by atoms with Crippen LogP contribution in [0.15, 0.2) is 59.5 Å². The number of alkyl carbamates (subject to hydrolysis) is 1. The van der Waals surface area contributed by atoms with Gasteiger partial charge in [0.2, 0.25) is 5.78 Å². The van der Waals surface area contributed by atoms with Gasteiger partial charge < -0.3 is 92.6 Å². The highest BCUT2D eigenvalue weighted by molar-refractivity contribution is 9.09. The number of hydrogen-bond donors (Lipinski definition) is 8. The number of aliphatic hydroxyl groups excluding tert-OH is 3. The summed E-state index contributed by atoms with van der Waals surface area (Å²) in [5.74, 6) is 8.70. The normalized spacial score (nSPS) is 34.3. The van der Waals surface area contributed by atoms with Crippen molar-refractivity contribution in [2.45, 2.75) is 162 Å². The van der Waals surface area contributed by atoms with Crippen LogP contribution in [0.3, 0.4) is 0 Å². The molecule has 2 bridgehead atoms. The number of Topliss-reactive ketones (excluding diaryl/α,β-unsaturated/α-hetero) is 1. The molecule has 6 aliphatic rings. The molecule has 26 nitrogen and oxygen atoms in total. The lowest BCUT2D eigenvalue weighted by molar-refractivity contribution is -0.336. The molecule has 0 spiro atoms. The number of esters is 1. The fourth-order valence-corrected chi connectivity index (χ4v) is 14.0. The number of aliphatic hydroxyl groups is 4. The Labute approximate surface area is 526 Å². The van der Waals surface area contributed by atoms with Gasteiger partial charge in [0.15, 0.2) is 60.2 Å². The minimum Gasteiger partial charge on any atom is -0.493 e. The van der Waals surface area contributed by atoms with Gasteiger partial charge in [0, 0.05) is 55.4 Å². The van der Waals surface area contributed by atoms with Gasteiger partial charge in [-0.2, -0.15) is 17.2 Å². The van der Waals surface area contributed by atoms with Gasteiger partial charge in [0.25, 0.3) is 5.91 Å². The summed E-state index contributed by atoms with van der Waals surface area (Å²) in [6, 6.07) is 1.36. The van der Waals surface area contributed by atoms with Gasteiger partial charge in [-0.25, -0.2) is 9.59 Å². The number of nitrogens with one attached hydrogen (secondary N) is 4. The number of hydrogen-bond acceptors (Lipinski definition) is 28. The zero-order chi connectivity index (χ0) is 64.0. The predicted octanol–water partition coefficient (Wildman–Crippen LogP) is 3.03. The van der Waals surface area contributed by atoms with Gasteiger partial charge in [-0.15, -0.1) is 0 Å². The second kappa shape index (κ2) is 33.1. The summed E-state index contributed by atoms with van der Waals surface area (Å²) in [5, 5.41) is 56.8. The molecule has 88 heavy (non-hydrogen) atoms. The third-order valence-corrected chi connectivity index (χ3v) is 20.1. The molecule has 4 aliphatic heterocycles. The molecule has 2 aliphatic carbocycles. The third kappa shape index (κ3) is 16.9. The number of benzene rings is 1. The fraction of sp³-hybridized carbons (Fsp3) is 0.621. The average Bonchev–Trinajstić information content (AvgIpc) is 0.822. The first-order valence-corrected chi connectivity index (χ1v) is 33.4. The van der Waals surface area contributed by atoms with E-state index in [2.05, 4.69) is 51.7 Å². The lowest BCUT2D eigenvalue weighted by atomic mass is 9.73. The SMILES string of the molecule is C=C(OC)C(=O)Nc1cc(OC)c(OC)cc1C(=O)OC1C(O)CC(OC2C(=O)C(NC(=O)OC)=C3/C(=C\CSSSC)[C@]2(O)C#CC=CC#C[C@@H]3OC2OC(C)C(NOC3CC(O)C(SC)C(C)O3)C(O)C2OC2CC(OC)C(NCC)CO2)OC1C. The molecular weight excluding hydrogens is 1230 g/mol. The highest BCUT2D eigenvalue weighted by Gasteiger charge is 2.57. The number of hydroxylamine groups is 1. The topological polar surface area (TPSA) is 327 Å². The molecule has 1 aromatic rings. The summed E-state index contributed by atoms with van der Waals surface area (Å²) in [6.07, 6.45) is -11.5. The number of allylic oxidation sites excluding steroid dienone is 2. The molecule has 0 aromatic heterocycles. The van der Waals surface area contributed by atoms with Crippen LogP contribution < -0.4 is 30.9 Å². The van der Waals surface area contributed by atoms with Gasteiger partial charge in [-0.1, -0.05) is 64.8 Å². The monoisotopic (exact) mass is 1310 g/mol. The van der Waals surface area contributed by atoms with Crippen LogP contribution in [0.1, 0.15) is 57.3 Å². The Bertz CT molecular complexity index is 2840. The first-order chi connectivity index (χ1) is 42.2. The zero-order valence-corrected chi connectivity index (χ0v) is 53.8. The van der Waals surface area contributed by atoms with E-state index in [-0.39, 0.29) is 88.4 Å². The molecule has 8 N–H and O–H groups in total. The highest BCUT2D eigenvalue weighted by atomic mass is 33.5. The largest absolute Gasteiger partial charge is 0.493 e. The number of methoxy groups -OCH3 is 5. The Hall–Kier alpha value is -4.62. The molecule has 17 unspecified atom stereocenters. The van der Waals surface area contributed by atoms with Crippen molar-refractivity contribution in [2.75, 3.05) is 72.3 Å². The molecule has 4 heterocycles. The van der Waals surface area contributed by atoms with Crippen molar-refractivity contribution in [2.24, 2.45) is 0 Å². The second-order valence-corrected chi connectivity index (χ2v) is 26.0. The van der Waals surface area contributed by atoms with E-state index in [9.17, 15) is 34.8 Å². The number of amides is 2. The Morgan fingerprint density at radius 2 is 1.57 bits per heavy atom. The van der Waals surface area contributed by atoms with Gasteiger partial charge in [0.05, 0.1) is 106 Å². The standard InChI is InChI=1S/C58H78N4O22S4/c1-13-59-35-27-76-42(26-39(35)72-7)81-51-48(65)46(62-84-44-25-37(64)52(85-11)30(4)78-44)28(2)79-56(51)80-38-18-16-14-15-17-20-58(70)33(19-21-87-88-86-12)45(38)47(61-57(69)75-10)49(66)53(58)82-43-24-36(63)50(29(3)77-43)83-55(68)32-22-40(73-8)41(74-9)23-34(32)60-54(67)31(5)71-6/h14-15,19,22-23,28-30,35-39,42-44,46,48,50-53,56,59,62-65,70H,5,13,21,24-27H2,1-4,6-12H3,(H,60,67)(H,61,69)/b15-14?,33-19+/t28?,29?,30?,35?,36?,37?,38-,39?,42?,43?,44?,46?,48?,50?,51?,52?,53?,56?,58+/m0/s1.